The maximum atomic E-state index is 14.7. The predicted octanol–water partition coefficient (Wildman–Crippen LogP) is 4.81. The van der Waals surface area contributed by atoms with Gasteiger partial charge in [-0.25, -0.2) is 23.6 Å². The van der Waals surface area contributed by atoms with Gasteiger partial charge in [0.2, 0.25) is 5.72 Å². The largest absolute Gasteiger partial charge is 0.431 e. The molecule has 31 heavy (non-hydrogen) atoms. The van der Waals surface area contributed by atoms with Gasteiger partial charge < -0.3 is 4.74 Å². The van der Waals surface area contributed by atoms with E-state index < -0.39 is 34.9 Å². The highest BCUT2D eigenvalue weighted by Gasteiger charge is 2.55. The average molecular weight is 425 g/mol. The molecule has 6 nitrogen and oxygen atoms in total. The van der Waals surface area contributed by atoms with Crippen LogP contribution in [-0.4, -0.2) is 27.7 Å². The second-order valence-electron chi connectivity index (χ2n) is 7.92. The van der Waals surface area contributed by atoms with Crippen LogP contribution >= 0.6 is 0 Å². The Hall–Kier alpha value is -3.47. The van der Waals surface area contributed by atoms with Crippen molar-refractivity contribution in [1.29, 1.82) is 5.26 Å². The number of hydrogen-bond donors (Lipinski definition) is 0. The van der Waals surface area contributed by atoms with Crippen molar-refractivity contribution < 1.29 is 23.1 Å². The fourth-order valence-electron chi connectivity index (χ4n) is 4.19. The van der Waals surface area contributed by atoms with Crippen LogP contribution in [0.2, 0.25) is 0 Å². The van der Waals surface area contributed by atoms with Crippen LogP contribution in [0.4, 0.5) is 13.6 Å². The molecule has 2 amide bonds. The number of rotatable bonds is 3. The molecule has 1 saturated heterocycles. The Labute approximate surface area is 178 Å². The molecule has 0 N–H and O–H groups in total. The van der Waals surface area contributed by atoms with Crippen molar-refractivity contribution in [3.05, 3.63) is 70.3 Å². The Morgan fingerprint density at radius 2 is 1.77 bits per heavy atom. The van der Waals surface area contributed by atoms with E-state index >= 15 is 0 Å². The summed E-state index contributed by atoms with van der Waals surface area (Å²) in [5.41, 5.74) is -0.452. The van der Waals surface area contributed by atoms with E-state index in [0.717, 1.165) is 24.3 Å². The zero-order valence-corrected chi connectivity index (χ0v) is 17.0. The molecule has 1 saturated carbocycles. The smallest absolute Gasteiger partial charge is 0.419 e. The summed E-state index contributed by atoms with van der Waals surface area (Å²) in [6, 6.07) is 11.1. The molecule has 1 aliphatic heterocycles. The minimum Gasteiger partial charge on any atom is -0.419 e. The normalized spacial score (nSPS) is 17.5. The van der Waals surface area contributed by atoms with E-state index in [1.165, 1.54) is 24.1 Å². The van der Waals surface area contributed by atoms with Crippen LogP contribution in [0.15, 0.2) is 36.4 Å². The van der Waals surface area contributed by atoms with Gasteiger partial charge in [-0.15, -0.1) is 0 Å². The van der Waals surface area contributed by atoms with Crippen molar-refractivity contribution >= 4 is 12.0 Å². The quantitative estimate of drug-likeness (QED) is 0.707. The number of benzene rings is 2. The van der Waals surface area contributed by atoms with Crippen molar-refractivity contribution in [1.82, 2.24) is 10.0 Å². The second kappa shape index (κ2) is 7.99. The third kappa shape index (κ3) is 3.61. The minimum atomic E-state index is -1.24. The Bertz CT molecular complexity index is 1070. The molecule has 1 spiro atoms. The highest BCUT2D eigenvalue weighted by Crippen LogP contribution is 2.42. The number of amides is 2. The first kappa shape index (κ1) is 20.8. The Morgan fingerprint density at radius 1 is 1.10 bits per heavy atom. The first-order chi connectivity index (χ1) is 14.9. The third-order valence-corrected chi connectivity index (χ3v) is 5.86. The second-order valence-corrected chi connectivity index (χ2v) is 7.92. The van der Waals surface area contributed by atoms with E-state index in [0.29, 0.717) is 24.0 Å². The van der Waals surface area contributed by atoms with Gasteiger partial charge in [-0.2, -0.15) is 5.26 Å². The first-order valence-electron chi connectivity index (χ1n) is 10.1. The van der Waals surface area contributed by atoms with Crippen LogP contribution in [0.25, 0.3) is 0 Å². The summed E-state index contributed by atoms with van der Waals surface area (Å²) in [5.74, 6) is -3.15. The number of hydrazine groups is 1. The topological polar surface area (TPSA) is 73.6 Å². The summed E-state index contributed by atoms with van der Waals surface area (Å²) in [7, 11) is 0. The molecule has 2 fully saturated rings. The van der Waals surface area contributed by atoms with Crippen molar-refractivity contribution in [2.45, 2.75) is 51.3 Å². The molecule has 0 atom stereocenters. The van der Waals surface area contributed by atoms with Gasteiger partial charge in [-0.05, 0) is 49.1 Å². The third-order valence-electron chi connectivity index (χ3n) is 5.86. The fourth-order valence-corrected chi connectivity index (χ4v) is 4.19. The van der Waals surface area contributed by atoms with Gasteiger partial charge >= 0.3 is 6.09 Å². The maximum Gasteiger partial charge on any atom is 0.431 e. The van der Waals surface area contributed by atoms with Gasteiger partial charge in [-0.1, -0.05) is 24.6 Å². The maximum absolute atomic E-state index is 14.7. The molecule has 160 valence electrons. The SMILES string of the molecule is Cc1ccc(C(=O)N2N(Cc3ccc(C#N)cc3)C(=O)OC23CCCCC3)c(F)c1F. The van der Waals surface area contributed by atoms with Crippen LogP contribution in [0, 0.1) is 29.9 Å². The fraction of sp³-hybridized carbons (Fsp3) is 0.348. The Kier molecular flexibility index (Phi) is 5.36. The lowest BCUT2D eigenvalue weighted by Gasteiger charge is -2.40. The summed E-state index contributed by atoms with van der Waals surface area (Å²) < 4.78 is 34.5. The molecule has 0 bridgehead atoms. The number of halogens is 2. The molecule has 2 aliphatic rings. The van der Waals surface area contributed by atoms with Crippen molar-refractivity contribution in [3.8, 4) is 6.07 Å². The molecule has 2 aromatic carbocycles. The van der Waals surface area contributed by atoms with E-state index in [1.807, 2.05) is 6.07 Å². The van der Waals surface area contributed by atoms with Gasteiger partial charge in [0.05, 0.1) is 23.7 Å². The van der Waals surface area contributed by atoms with Crippen molar-refractivity contribution in [3.63, 3.8) is 0 Å². The molecule has 1 heterocycles. The Morgan fingerprint density at radius 3 is 2.42 bits per heavy atom. The zero-order chi connectivity index (χ0) is 22.2. The van der Waals surface area contributed by atoms with E-state index in [-0.39, 0.29) is 12.1 Å². The number of aryl methyl sites for hydroxylation is 1. The van der Waals surface area contributed by atoms with Crippen LogP contribution in [0.3, 0.4) is 0 Å². The first-order valence-corrected chi connectivity index (χ1v) is 10.1. The zero-order valence-electron chi connectivity index (χ0n) is 17.0. The van der Waals surface area contributed by atoms with Gasteiger partial charge in [0, 0.05) is 12.8 Å². The minimum absolute atomic E-state index is 0.00596. The molecule has 2 aromatic rings. The van der Waals surface area contributed by atoms with E-state index in [4.69, 9.17) is 10.00 Å². The number of nitriles is 1. The summed E-state index contributed by atoms with van der Waals surface area (Å²) in [6.07, 6.45) is 2.55. The molecule has 0 unspecified atom stereocenters. The summed E-state index contributed by atoms with van der Waals surface area (Å²) in [5, 5.41) is 11.3. The molecule has 0 aromatic heterocycles. The molecule has 1 aliphatic carbocycles. The molecule has 4 rings (SSSR count). The van der Waals surface area contributed by atoms with E-state index in [9.17, 15) is 18.4 Å². The van der Waals surface area contributed by atoms with Crippen molar-refractivity contribution in [2.24, 2.45) is 0 Å². The van der Waals surface area contributed by atoms with E-state index in [1.54, 1.807) is 24.3 Å². The highest BCUT2D eigenvalue weighted by atomic mass is 19.2. The summed E-state index contributed by atoms with van der Waals surface area (Å²) in [4.78, 5) is 26.3. The number of carbonyl (C=O) groups excluding carboxylic acids is 2. The summed E-state index contributed by atoms with van der Waals surface area (Å²) in [6.45, 7) is 1.41. The number of ether oxygens (including phenoxy) is 1. The molecular weight excluding hydrogens is 404 g/mol. The molecule has 8 heteroatoms. The van der Waals surface area contributed by atoms with E-state index in [2.05, 4.69) is 0 Å². The van der Waals surface area contributed by atoms with Crippen LogP contribution in [0.5, 0.6) is 0 Å². The van der Waals surface area contributed by atoms with Gasteiger partial charge in [0.25, 0.3) is 5.91 Å². The number of hydrogen-bond acceptors (Lipinski definition) is 4. The van der Waals surface area contributed by atoms with Gasteiger partial charge in [0.1, 0.15) is 0 Å². The molecule has 0 radical (unpaired) electrons. The van der Waals surface area contributed by atoms with Crippen LogP contribution in [-0.2, 0) is 11.3 Å². The number of carbonyl (C=O) groups is 2. The number of nitrogens with zero attached hydrogens (tertiary/aromatic N) is 3. The summed E-state index contributed by atoms with van der Waals surface area (Å²) >= 11 is 0. The highest BCUT2D eigenvalue weighted by molar-refractivity contribution is 5.96. The lowest BCUT2D eigenvalue weighted by Crippen LogP contribution is -2.54. The lowest BCUT2D eigenvalue weighted by atomic mass is 9.90. The monoisotopic (exact) mass is 425 g/mol. The lowest BCUT2D eigenvalue weighted by molar-refractivity contribution is -0.106. The van der Waals surface area contributed by atoms with Gasteiger partial charge in [0.15, 0.2) is 11.6 Å². The van der Waals surface area contributed by atoms with Gasteiger partial charge in [-0.3, -0.25) is 4.79 Å². The predicted molar refractivity (Wildman–Crippen MR) is 106 cm³/mol. The van der Waals surface area contributed by atoms with Crippen molar-refractivity contribution in [2.75, 3.05) is 0 Å². The van der Waals surface area contributed by atoms with Crippen LogP contribution in [0.1, 0.15) is 59.2 Å². The standard InChI is InChI=1S/C23H21F2N3O3/c1-15-5-10-18(20(25)19(15)24)21(29)28-23(11-3-2-4-12-23)31-22(30)27(28)14-17-8-6-16(13-26)7-9-17/h5-10H,2-4,11-12,14H2,1H3. The average Bonchev–Trinajstić information content (AvgIpc) is 3.03. The Balaban J connectivity index is 1.74. The molecular formula is C23H21F2N3O3. The van der Waals surface area contributed by atoms with Crippen LogP contribution < -0.4 is 0 Å².